The molecule has 0 aromatic rings. The van der Waals surface area contributed by atoms with E-state index in [9.17, 15) is 0 Å². The van der Waals surface area contributed by atoms with Gasteiger partial charge in [0.25, 0.3) is 0 Å². The van der Waals surface area contributed by atoms with Crippen LogP contribution in [0.2, 0.25) is 0 Å². The molecule has 52 valence electrons. The highest BCUT2D eigenvalue weighted by Gasteiger charge is 2.19. The second-order valence-corrected chi connectivity index (χ2v) is 2.97. The molecule has 0 aromatic heterocycles. The molecule has 1 heteroatoms. The van der Waals surface area contributed by atoms with E-state index in [0.29, 0.717) is 6.04 Å². The maximum atomic E-state index is 4.50. The van der Waals surface area contributed by atoms with Gasteiger partial charge in [-0.1, -0.05) is 13.8 Å². The molecule has 1 heterocycles. The highest BCUT2D eigenvalue weighted by molar-refractivity contribution is 5.86. The maximum absolute atomic E-state index is 4.50. The summed E-state index contributed by atoms with van der Waals surface area (Å²) in [5.74, 6) is 0.792. The first kappa shape index (κ1) is 6.79. The van der Waals surface area contributed by atoms with Crippen LogP contribution in [0.4, 0.5) is 0 Å². The van der Waals surface area contributed by atoms with Crippen LogP contribution in [-0.2, 0) is 0 Å². The summed E-state index contributed by atoms with van der Waals surface area (Å²) in [5, 5.41) is 0. The van der Waals surface area contributed by atoms with Crippen molar-refractivity contribution in [3.63, 3.8) is 0 Å². The van der Waals surface area contributed by atoms with Crippen LogP contribution in [0.5, 0.6) is 0 Å². The molecule has 0 spiro atoms. The third-order valence-electron chi connectivity index (χ3n) is 2.18. The predicted octanol–water partition coefficient (Wildman–Crippen LogP) is 2.27. The van der Waals surface area contributed by atoms with E-state index in [0.717, 1.165) is 12.3 Å². The highest BCUT2D eigenvalue weighted by atomic mass is 14.8. The Hall–Kier alpha value is -0.330. The monoisotopic (exact) mass is 125 g/mol. The minimum atomic E-state index is 0.583. The molecular formula is C8H15N. The lowest BCUT2D eigenvalue weighted by atomic mass is 10.0. The Balaban J connectivity index is 2.52. The zero-order valence-corrected chi connectivity index (χ0v) is 6.52. The average molecular weight is 125 g/mol. The lowest BCUT2D eigenvalue weighted by molar-refractivity contribution is 0.539. The molecule has 0 saturated carbocycles. The van der Waals surface area contributed by atoms with Crippen molar-refractivity contribution in [2.24, 2.45) is 10.9 Å². The van der Waals surface area contributed by atoms with Crippen LogP contribution in [0.3, 0.4) is 0 Å². The summed E-state index contributed by atoms with van der Waals surface area (Å²) in [4.78, 5) is 4.50. The van der Waals surface area contributed by atoms with E-state index in [2.05, 4.69) is 25.8 Å². The van der Waals surface area contributed by atoms with Crippen molar-refractivity contribution in [2.45, 2.75) is 39.7 Å². The van der Waals surface area contributed by atoms with E-state index >= 15 is 0 Å². The Bertz CT molecular complexity index is 127. The molecule has 0 N–H and O–H groups in total. The summed E-state index contributed by atoms with van der Waals surface area (Å²) in [7, 11) is 0. The van der Waals surface area contributed by atoms with Gasteiger partial charge in [-0.3, -0.25) is 4.99 Å². The van der Waals surface area contributed by atoms with Crippen LogP contribution >= 0.6 is 0 Å². The van der Waals surface area contributed by atoms with Crippen molar-refractivity contribution in [1.29, 1.82) is 0 Å². The molecule has 0 radical (unpaired) electrons. The standard InChI is InChI=1S/C8H15N/c1-4-8-5-6(2)7(3)9-8/h6-7H,4-5H2,1-3H3. The van der Waals surface area contributed by atoms with Crippen molar-refractivity contribution in [3.05, 3.63) is 0 Å². The van der Waals surface area contributed by atoms with E-state index < -0.39 is 0 Å². The molecule has 0 bridgehead atoms. The van der Waals surface area contributed by atoms with Crippen LogP contribution in [0.25, 0.3) is 0 Å². The largest absolute Gasteiger partial charge is 0.291 e. The Labute approximate surface area is 57.2 Å². The first-order chi connectivity index (χ1) is 4.24. The molecule has 0 saturated heterocycles. The summed E-state index contributed by atoms with van der Waals surface area (Å²) in [6.45, 7) is 6.66. The predicted molar refractivity (Wildman–Crippen MR) is 41.0 cm³/mol. The summed E-state index contributed by atoms with van der Waals surface area (Å²) in [6, 6.07) is 0.583. The van der Waals surface area contributed by atoms with Gasteiger partial charge in [0.15, 0.2) is 0 Å². The molecule has 9 heavy (non-hydrogen) atoms. The van der Waals surface area contributed by atoms with Crippen LogP contribution in [0.1, 0.15) is 33.6 Å². The fourth-order valence-electron chi connectivity index (χ4n) is 1.25. The smallest absolute Gasteiger partial charge is 0.0499 e. The maximum Gasteiger partial charge on any atom is 0.0499 e. The third kappa shape index (κ3) is 1.32. The van der Waals surface area contributed by atoms with Gasteiger partial charge in [0, 0.05) is 11.8 Å². The third-order valence-corrected chi connectivity index (χ3v) is 2.18. The van der Waals surface area contributed by atoms with Crippen molar-refractivity contribution in [3.8, 4) is 0 Å². The van der Waals surface area contributed by atoms with Gasteiger partial charge in [-0.2, -0.15) is 0 Å². The van der Waals surface area contributed by atoms with Gasteiger partial charge in [0.1, 0.15) is 0 Å². The fraction of sp³-hybridized carbons (Fsp3) is 0.875. The second kappa shape index (κ2) is 2.51. The molecule has 1 nitrogen and oxygen atoms in total. The van der Waals surface area contributed by atoms with Crippen LogP contribution in [0.15, 0.2) is 4.99 Å². The number of hydrogen-bond acceptors (Lipinski definition) is 1. The van der Waals surface area contributed by atoms with E-state index in [1.165, 1.54) is 12.1 Å². The minimum Gasteiger partial charge on any atom is -0.291 e. The quantitative estimate of drug-likeness (QED) is 0.509. The molecule has 1 aliphatic rings. The van der Waals surface area contributed by atoms with Crippen molar-refractivity contribution < 1.29 is 0 Å². The minimum absolute atomic E-state index is 0.583. The molecule has 0 aromatic carbocycles. The number of aliphatic imine (C=N–C) groups is 1. The molecule has 1 aliphatic heterocycles. The van der Waals surface area contributed by atoms with Crippen molar-refractivity contribution in [1.82, 2.24) is 0 Å². The second-order valence-electron chi connectivity index (χ2n) is 2.97. The van der Waals surface area contributed by atoms with E-state index in [1.54, 1.807) is 0 Å². The summed E-state index contributed by atoms with van der Waals surface area (Å²) in [5.41, 5.74) is 1.41. The van der Waals surface area contributed by atoms with Crippen LogP contribution in [-0.4, -0.2) is 11.8 Å². The number of nitrogens with zero attached hydrogens (tertiary/aromatic N) is 1. The molecule has 0 amide bonds. The highest BCUT2D eigenvalue weighted by Crippen LogP contribution is 2.21. The molecule has 2 atom stereocenters. The van der Waals surface area contributed by atoms with E-state index in [-0.39, 0.29) is 0 Å². The summed E-state index contributed by atoms with van der Waals surface area (Å²) >= 11 is 0. The average Bonchev–Trinajstić information content (AvgIpc) is 2.13. The molecule has 0 aliphatic carbocycles. The van der Waals surface area contributed by atoms with Gasteiger partial charge in [0.05, 0.1) is 0 Å². The van der Waals surface area contributed by atoms with Gasteiger partial charge < -0.3 is 0 Å². The Morgan fingerprint density at radius 3 is 2.44 bits per heavy atom. The van der Waals surface area contributed by atoms with Crippen molar-refractivity contribution in [2.75, 3.05) is 0 Å². The zero-order valence-electron chi connectivity index (χ0n) is 6.52. The molecule has 1 rings (SSSR count). The first-order valence-electron chi connectivity index (χ1n) is 3.79. The Morgan fingerprint density at radius 2 is 2.22 bits per heavy atom. The number of hydrogen-bond donors (Lipinski definition) is 0. The van der Waals surface area contributed by atoms with Crippen LogP contribution < -0.4 is 0 Å². The van der Waals surface area contributed by atoms with Gasteiger partial charge in [-0.15, -0.1) is 0 Å². The van der Waals surface area contributed by atoms with Gasteiger partial charge in [-0.05, 0) is 25.7 Å². The summed E-state index contributed by atoms with van der Waals surface area (Å²) in [6.07, 6.45) is 2.38. The van der Waals surface area contributed by atoms with E-state index in [4.69, 9.17) is 0 Å². The molecule has 2 unspecified atom stereocenters. The first-order valence-corrected chi connectivity index (χ1v) is 3.79. The van der Waals surface area contributed by atoms with Gasteiger partial charge >= 0.3 is 0 Å². The Kier molecular flexibility index (Phi) is 1.89. The Morgan fingerprint density at radius 1 is 1.56 bits per heavy atom. The normalized spacial score (nSPS) is 34.8. The topological polar surface area (TPSA) is 12.4 Å². The SMILES string of the molecule is CCC1=NC(C)C(C)C1. The van der Waals surface area contributed by atoms with Crippen LogP contribution in [0, 0.1) is 5.92 Å². The lowest BCUT2D eigenvalue weighted by Gasteiger charge is -2.03. The molecule has 0 fully saturated rings. The molecular weight excluding hydrogens is 110 g/mol. The number of rotatable bonds is 1. The van der Waals surface area contributed by atoms with Gasteiger partial charge in [0.2, 0.25) is 0 Å². The summed E-state index contributed by atoms with van der Waals surface area (Å²) < 4.78 is 0. The fourth-order valence-corrected chi connectivity index (χ4v) is 1.25. The van der Waals surface area contributed by atoms with Crippen molar-refractivity contribution >= 4 is 5.71 Å². The van der Waals surface area contributed by atoms with Gasteiger partial charge in [-0.25, -0.2) is 0 Å². The lowest BCUT2D eigenvalue weighted by Crippen LogP contribution is -2.03. The van der Waals surface area contributed by atoms with E-state index in [1.807, 2.05) is 0 Å². The zero-order chi connectivity index (χ0) is 6.85.